The van der Waals surface area contributed by atoms with Crippen molar-refractivity contribution in [2.24, 2.45) is 5.10 Å². The van der Waals surface area contributed by atoms with Crippen molar-refractivity contribution in [1.29, 1.82) is 0 Å². The first kappa shape index (κ1) is 13.9. The van der Waals surface area contributed by atoms with Crippen molar-refractivity contribution in [2.75, 3.05) is 0 Å². The Morgan fingerprint density at radius 2 is 2.05 bits per heavy atom. The molecule has 0 fully saturated rings. The molecule has 21 heavy (non-hydrogen) atoms. The van der Waals surface area contributed by atoms with Gasteiger partial charge in [0.25, 0.3) is 5.91 Å². The molecule has 2 heterocycles. The molecule has 6 heteroatoms. The molecular weight excluding hydrogens is 311 g/mol. The summed E-state index contributed by atoms with van der Waals surface area (Å²) < 4.78 is 5.71. The summed E-state index contributed by atoms with van der Waals surface area (Å²) in [6, 6.07) is 8.87. The van der Waals surface area contributed by atoms with Gasteiger partial charge < -0.3 is 4.42 Å². The number of amides is 1. The van der Waals surface area contributed by atoms with Gasteiger partial charge >= 0.3 is 0 Å². The van der Waals surface area contributed by atoms with E-state index in [9.17, 15) is 4.79 Å². The minimum atomic E-state index is -0.244. The Hall–Kier alpha value is -2.04. The summed E-state index contributed by atoms with van der Waals surface area (Å²) in [5.74, 6) is 0.885. The van der Waals surface area contributed by atoms with Gasteiger partial charge in [-0.15, -0.1) is 0 Å². The summed E-state index contributed by atoms with van der Waals surface area (Å²) >= 11 is 12.2. The Kier molecular flexibility index (Phi) is 3.57. The highest BCUT2D eigenvalue weighted by Gasteiger charge is 2.19. The Bertz CT molecular complexity index is 791. The Morgan fingerprint density at radius 1 is 1.24 bits per heavy atom. The molecule has 1 aliphatic heterocycles. The Morgan fingerprint density at radius 3 is 2.76 bits per heavy atom. The lowest BCUT2D eigenvalue weighted by Crippen LogP contribution is -2.12. The van der Waals surface area contributed by atoms with Crippen LogP contribution in [0.3, 0.4) is 0 Å². The minimum Gasteiger partial charge on any atom is -0.457 e. The topological polar surface area (TPSA) is 54.6 Å². The number of carbonyl (C=O) groups is 1. The molecule has 0 unspecified atom stereocenters. The van der Waals surface area contributed by atoms with Crippen molar-refractivity contribution >= 4 is 40.9 Å². The van der Waals surface area contributed by atoms with Crippen molar-refractivity contribution in [3.05, 3.63) is 51.7 Å². The second-order valence-electron chi connectivity index (χ2n) is 4.50. The summed E-state index contributed by atoms with van der Waals surface area (Å²) in [6.45, 7) is 1.75. The summed E-state index contributed by atoms with van der Waals surface area (Å²) in [5, 5.41) is 4.75. The van der Waals surface area contributed by atoms with Gasteiger partial charge in [0, 0.05) is 5.56 Å². The van der Waals surface area contributed by atoms with Gasteiger partial charge in [0.15, 0.2) is 0 Å². The lowest BCUT2D eigenvalue weighted by Gasteiger charge is -2.02. The van der Waals surface area contributed by atoms with Crippen molar-refractivity contribution in [3.8, 4) is 11.3 Å². The number of hydrazone groups is 1. The van der Waals surface area contributed by atoms with Crippen molar-refractivity contribution in [2.45, 2.75) is 6.92 Å². The first-order valence-corrected chi connectivity index (χ1v) is 6.93. The van der Waals surface area contributed by atoms with Gasteiger partial charge in [0.2, 0.25) is 0 Å². The average Bonchev–Trinajstić information content (AvgIpc) is 3.04. The number of benzene rings is 1. The molecule has 0 atom stereocenters. The van der Waals surface area contributed by atoms with Crippen LogP contribution in [0.2, 0.25) is 10.0 Å². The number of hydrogen-bond donors (Lipinski definition) is 1. The monoisotopic (exact) mass is 320 g/mol. The van der Waals surface area contributed by atoms with Crippen molar-refractivity contribution in [1.82, 2.24) is 5.43 Å². The lowest BCUT2D eigenvalue weighted by atomic mass is 10.1. The van der Waals surface area contributed by atoms with Gasteiger partial charge in [-0.2, -0.15) is 5.10 Å². The predicted octanol–water partition coefficient (Wildman–Crippen LogP) is 4.14. The van der Waals surface area contributed by atoms with E-state index in [1.54, 1.807) is 37.3 Å². The molecule has 1 N–H and O–H groups in total. The third kappa shape index (κ3) is 2.60. The summed E-state index contributed by atoms with van der Waals surface area (Å²) in [6.07, 6.45) is 1.64. The summed E-state index contributed by atoms with van der Waals surface area (Å²) in [4.78, 5) is 11.6. The standard InChI is InChI=1S/C15H10Cl2N2O2/c1-8-11(15(20)19-18-8)7-9-5-6-13(21-9)10-3-2-4-12(16)14(10)17/h2-7H,1H3,(H,19,20). The second-order valence-corrected chi connectivity index (χ2v) is 5.28. The zero-order valence-corrected chi connectivity index (χ0v) is 12.5. The van der Waals surface area contributed by atoms with E-state index in [2.05, 4.69) is 10.5 Å². The zero-order chi connectivity index (χ0) is 15.0. The van der Waals surface area contributed by atoms with Crippen LogP contribution in [0.1, 0.15) is 12.7 Å². The van der Waals surface area contributed by atoms with E-state index >= 15 is 0 Å². The number of nitrogens with zero attached hydrogens (tertiary/aromatic N) is 1. The van der Waals surface area contributed by atoms with Crippen molar-refractivity contribution in [3.63, 3.8) is 0 Å². The highest BCUT2D eigenvalue weighted by molar-refractivity contribution is 6.43. The molecule has 0 saturated carbocycles. The first-order valence-electron chi connectivity index (χ1n) is 6.17. The van der Waals surface area contributed by atoms with Gasteiger partial charge in [-0.3, -0.25) is 4.79 Å². The van der Waals surface area contributed by atoms with Gasteiger partial charge in [0.05, 0.1) is 21.3 Å². The maximum absolute atomic E-state index is 11.6. The summed E-state index contributed by atoms with van der Waals surface area (Å²) in [5.41, 5.74) is 4.20. The number of rotatable bonds is 2. The molecule has 1 aromatic carbocycles. The number of furan rings is 1. The van der Waals surface area contributed by atoms with Crippen LogP contribution in [-0.2, 0) is 4.79 Å². The highest BCUT2D eigenvalue weighted by Crippen LogP contribution is 2.34. The zero-order valence-electron chi connectivity index (χ0n) is 11.0. The number of hydrogen-bond acceptors (Lipinski definition) is 3. The molecule has 3 rings (SSSR count). The SMILES string of the molecule is CC1=NNC(=O)C1=Cc1ccc(-c2cccc(Cl)c2Cl)o1. The van der Waals surface area contributed by atoms with Crippen LogP contribution in [-0.4, -0.2) is 11.6 Å². The maximum Gasteiger partial charge on any atom is 0.273 e. The van der Waals surface area contributed by atoms with E-state index in [0.717, 1.165) is 0 Å². The van der Waals surface area contributed by atoms with E-state index in [1.807, 2.05) is 6.07 Å². The van der Waals surface area contributed by atoms with Gasteiger partial charge in [-0.1, -0.05) is 29.3 Å². The molecule has 1 aliphatic rings. The van der Waals surface area contributed by atoms with Crippen LogP contribution < -0.4 is 5.43 Å². The normalized spacial score (nSPS) is 16.2. The van der Waals surface area contributed by atoms with E-state index in [1.165, 1.54) is 0 Å². The van der Waals surface area contributed by atoms with Crippen LogP contribution in [0.25, 0.3) is 17.4 Å². The van der Waals surface area contributed by atoms with E-state index in [0.29, 0.717) is 38.4 Å². The smallest absolute Gasteiger partial charge is 0.273 e. The first-order chi connectivity index (χ1) is 10.1. The highest BCUT2D eigenvalue weighted by atomic mass is 35.5. The average molecular weight is 321 g/mol. The van der Waals surface area contributed by atoms with Crippen LogP contribution >= 0.6 is 23.2 Å². The molecule has 0 saturated heterocycles. The fourth-order valence-electron chi connectivity index (χ4n) is 2.00. The van der Waals surface area contributed by atoms with Crippen molar-refractivity contribution < 1.29 is 9.21 Å². The Labute approximate surface area is 131 Å². The number of halogens is 2. The Balaban J connectivity index is 1.98. The quantitative estimate of drug-likeness (QED) is 0.845. The molecular formula is C15H10Cl2N2O2. The van der Waals surface area contributed by atoms with E-state index < -0.39 is 0 Å². The fourth-order valence-corrected chi connectivity index (χ4v) is 2.39. The molecule has 0 spiro atoms. The number of nitrogens with one attached hydrogen (secondary N) is 1. The molecule has 1 aromatic heterocycles. The number of carbonyl (C=O) groups excluding carboxylic acids is 1. The van der Waals surface area contributed by atoms with Crippen LogP contribution in [0.5, 0.6) is 0 Å². The van der Waals surface area contributed by atoms with Gasteiger partial charge in [-0.05, 0) is 37.3 Å². The largest absolute Gasteiger partial charge is 0.457 e. The summed E-state index contributed by atoms with van der Waals surface area (Å²) in [7, 11) is 0. The lowest BCUT2D eigenvalue weighted by molar-refractivity contribution is -0.116. The van der Waals surface area contributed by atoms with Gasteiger partial charge in [0.1, 0.15) is 11.5 Å². The third-order valence-electron chi connectivity index (χ3n) is 3.09. The van der Waals surface area contributed by atoms with Crippen LogP contribution in [0.15, 0.2) is 45.4 Å². The fraction of sp³-hybridized carbons (Fsp3) is 0.0667. The van der Waals surface area contributed by atoms with Gasteiger partial charge in [-0.25, -0.2) is 5.43 Å². The second kappa shape index (κ2) is 5.39. The molecule has 0 bridgehead atoms. The molecule has 0 aliphatic carbocycles. The predicted molar refractivity (Wildman–Crippen MR) is 83.4 cm³/mol. The third-order valence-corrected chi connectivity index (χ3v) is 3.91. The van der Waals surface area contributed by atoms with Crippen LogP contribution in [0.4, 0.5) is 0 Å². The molecule has 2 aromatic rings. The van der Waals surface area contributed by atoms with Crippen LogP contribution in [0, 0.1) is 0 Å². The van der Waals surface area contributed by atoms with E-state index in [-0.39, 0.29) is 5.91 Å². The maximum atomic E-state index is 11.6. The molecule has 106 valence electrons. The minimum absolute atomic E-state index is 0.244. The molecule has 0 radical (unpaired) electrons. The molecule has 4 nitrogen and oxygen atoms in total. The van der Waals surface area contributed by atoms with E-state index in [4.69, 9.17) is 27.6 Å². The molecule has 1 amide bonds.